The molecule has 0 bridgehead atoms. The molecule has 126 valence electrons. The summed E-state index contributed by atoms with van der Waals surface area (Å²) in [6.07, 6.45) is -5.46. The fourth-order valence-corrected chi connectivity index (χ4v) is 1.84. The highest BCUT2D eigenvalue weighted by atomic mass is 19.4. The van der Waals surface area contributed by atoms with E-state index in [1.165, 1.54) is 0 Å². The first kappa shape index (κ1) is 17.3. The zero-order chi connectivity index (χ0) is 17.7. The number of alkyl halides is 3. The lowest BCUT2D eigenvalue weighted by molar-refractivity contribution is -0.140. The molecule has 0 saturated heterocycles. The third-order valence-corrected chi connectivity index (χ3v) is 2.89. The number of rotatable bonds is 4. The van der Waals surface area contributed by atoms with Gasteiger partial charge in [0, 0.05) is 6.20 Å². The number of hydrogen-bond acceptors (Lipinski definition) is 4. The molecule has 2 rings (SSSR count). The van der Waals surface area contributed by atoms with Crippen molar-refractivity contribution in [3.63, 3.8) is 0 Å². The third-order valence-electron chi connectivity index (χ3n) is 2.89. The van der Waals surface area contributed by atoms with Crippen molar-refractivity contribution < 1.29 is 32.6 Å². The Bertz CT molecular complexity index is 748. The molecule has 2 aromatic rings. The first-order valence-electron chi connectivity index (χ1n) is 6.56. The Morgan fingerprint density at radius 1 is 1.17 bits per heavy atom. The van der Waals surface area contributed by atoms with Crippen molar-refractivity contribution in [3.05, 3.63) is 59.4 Å². The van der Waals surface area contributed by atoms with E-state index in [0.717, 1.165) is 6.07 Å². The van der Waals surface area contributed by atoms with Crippen LogP contribution in [0.4, 0.5) is 23.7 Å². The molecule has 0 aliphatic carbocycles. The maximum atomic E-state index is 12.9. The first-order valence-corrected chi connectivity index (χ1v) is 6.56. The maximum absolute atomic E-state index is 12.9. The molecule has 1 aromatic carbocycles. The van der Waals surface area contributed by atoms with Gasteiger partial charge in [-0.25, -0.2) is 14.6 Å². The molecule has 6 nitrogen and oxygen atoms in total. The SMILES string of the molecule is O=C(Nc1c(C(=O)O)ccnc1C(F)(F)F)OCc1ccccc1. The Hall–Kier alpha value is -3.10. The number of carboxylic acid groups (broad SMARTS) is 1. The zero-order valence-electron chi connectivity index (χ0n) is 12.0. The summed E-state index contributed by atoms with van der Waals surface area (Å²) in [4.78, 5) is 25.9. The maximum Gasteiger partial charge on any atom is 0.435 e. The van der Waals surface area contributed by atoms with Crippen LogP contribution >= 0.6 is 0 Å². The lowest BCUT2D eigenvalue weighted by Gasteiger charge is -2.14. The second-order valence-corrected chi connectivity index (χ2v) is 4.57. The molecule has 1 amide bonds. The number of pyridine rings is 1. The normalized spacial score (nSPS) is 11.0. The molecule has 0 aliphatic heterocycles. The Balaban J connectivity index is 2.21. The van der Waals surface area contributed by atoms with Crippen LogP contribution in [0.2, 0.25) is 0 Å². The number of carbonyl (C=O) groups excluding carboxylic acids is 1. The van der Waals surface area contributed by atoms with Gasteiger partial charge in [-0.3, -0.25) is 5.32 Å². The van der Waals surface area contributed by atoms with Crippen molar-refractivity contribution in [2.45, 2.75) is 12.8 Å². The van der Waals surface area contributed by atoms with Crippen molar-refractivity contribution in [2.75, 3.05) is 5.32 Å². The summed E-state index contributed by atoms with van der Waals surface area (Å²) in [5.74, 6) is -1.64. The molecule has 9 heteroatoms. The molecule has 0 fully saturated rings. The summed E-state index contributed by atoms with van der Waals surface area (Å²) in [6, 6.07) is 9.30. The average molecular weight is 340 g/mol. The van der Waals surface area contributed by atoms with Crippen molar-refractivity contribution in [2.24, 2.45) is 0 Å². The second-order valence-electron chi connectivity index (χ2n) is 4.57. The van der Waals surface area contributed by atoms with Gasteiger partial charge in [-0.1, -0.05) is 30.3 Å². The highest BCUT2D eigenvalue weighted by molar-refractivity contribution is 5.99. The number of hydrogen-bond donors (Lipinski definition) is 2. The number of ether oxygens (including phenoxy) is 1. The van der Waals surface area contributed by atoms with Crippen LogP contribution in [-0.2, 0) is 17.5 Å². The smallest absolute Gasteiger partial charge is 0.435 e. The van der Waals surface area contributed by atoms with Gasteiger partial charge in [0.05, 0.1) is 11.3 Å². The van der Waals surface area contributed by atoms with Crippen LogP contribution in [0.5, 0.6) is 0 Å². The van der Waals surface area contributed by atoms with Crippen molar-refractivity contribution in [1.29, 1.82) is 0 Å². The molecule has 0 radical (unpaired) electrons. The highest BCUT2D eigenvalue weighted by Gasteiger charge is 2.38. The molecule has 0 aliphatic rings. The summed E-state index contributed by atoms with van der Waals surface area (Å²) >= 11 is 0. The van der Waals surface area contributed by atoms with E-state index in [9.17, 15) is 22.8 Å². The van der Waals surface area contributed by atoms with E-state index in [4.69, 9.17) is 9.84 Å². The molecule has 2 N–H and O–H groups in total. The minimum absolute atomic E-state index is 0.184. The lowest BCUT2D eigenvalue weighted by atomic mass is 10.1. The summed E-state index contributed by atoms with van der Waals surface area (Å²) in [5, 5.41) is 10.8. The number of aromatic carboxylic acids is 1. The number of benzene rings is 1. The topological polar surface area (TPSA) is 88.5 Å². The summed E-state index contributed by atoms with van der Waals surface area (Å²) < 4.78 is 43.6. The molecular formula is C15H11F3N2O4. The molecule has 1 aromatic heterocycles. The van der Waals surface area contributed by atoms with E-state index >= 15 is 0 Å². The second kappa shape index (κ2) is 6.99. The van der Waals surface area contributed by atoms with Crippen LogP contribution in [0.15, 0.2) is 42.6 Å². The fraction of sp³-hybridized carbons (Fsp3) is 0.133. The van der Waals surface area contributed by atoms with Gasteiger partial charge in [-0.15, -0.1) is 0 Å². The van der Waals surface area contributed by atoms with Gasteiger partial charge in [0.1, 0.15) is 6.61 Å². The molecule has 0 unspecified atom stereocenters. The Labute approximate surface area is 133 Å². The first-order chi connectivity index (χ1) is 11.3. The van der Waals surface area contributed by atoms with Gasteiger partial charge >= 0.3 is 18.2 Å². The monoisotopic (exact) mass is 340 g/mol. The fourth-order valence-electron chi connectivity index (χ4n) is 1.84. The van der Waals surface area contributed by atoms with Crippen LogP contribution in [0.25, 0.3) is 0 Å². The Morgan fingerprint density at radius 2 is 1.83 bits per heavy atom. The lowest BCUT2D eigenvalue weighted by Crippen LogP contribution is -2.21. The highest BCUT2D eigenvalue weighted by Crippen LogP contribution is 2.35. The number of halogens is 3. The van der Waals surface area contributed by atoms with Gasteiger partial charge in [0.15, 0.2) is 5.69 Å². The molecule has 0 spiro atoms. The predicted molar refractivity (Wildman–Crippen MR) is 76.4 cm³/mol. The van der Waals surface area contributed by atoms with Crippen LogP contribution in [0.1, 0.15) is 21.6 Å². The van der Waals surface area contributed by atoms with Gasteiger partial charge in [0.2, 0.25) is 0 Å². The van der Waals surface area contributed by atoms with E-state index in [-0.39, 0.29) is 6.61 Å². The summed E-state index contributed by atoms with van der Waals surface area (Å²) in [5.41, 5.74) is -2.60. The van der Waals surface area contributed by atoms with E-state index < -0.39 is 35.2 Å². The molecule has 0 atom stereocenters. The number of carbonyl (C=O) groups is 2. The zero-order valence-corrected chi connectivity index (χ0v) is 12.0. The van der Waals surface area contributed by atoms with Crippen LogP contribution in [0.3, 0.4) is 0 Å². The van der Waals surface area contributed by atoms with Crippen LogP contribution in [0, 0.1) is 0 Å². The van der Waals surface area contributed by atoms with E-state index in [1.807, 2.05) is 5.32 Å². The quantitative estimate of drug-likeness (QED) is 0.889. The van der Waals surface area contributed by atoms with Crippen molar-refractivity contribution in [1.82, 2.24) is 4.98 Å². The van der Waals surface area contributed by atoms with Crippen LogP contribution in [-0.4, -0.2) is 22.2 Å². The van der Waals surface area contributed by atoms with E-state index in [0.29, 0.717) is 11.8 Å². The van der Waals surface area contributed by atoms with Crippen molar-refractivity contribution >= 4 is 17.7 Å². The number of nitrogens with one attached hydrogen (secondary N) is 1. The molecule has 1 heterocycles. The molecular weight excluding hydrogens is 329 g/mol. The minimum atomic E-state index is -4.94. The minimum Gasteiger partial charge on any atom is -0.478 e. The number of nitrogens with zero attached hydrogens (tertiary/aromatic N) is 1. The van der Waals surface area contributed by atoms with Gasteiger partial charge < -0.3 is 9.84 Å². The van der Waals surface area contributed by atoms with Gasteiger partial charge in [-0.2, -0.15) is 13.2 Å². The number of carboxylic acids is 1. The van der Waals surface area contributed by atoms with Gasteiger partial charge in [-0.05, 0) is 11.6 Å². The summed E-state index contributed by atoms with van der Waals surface area (Å²) in [7, 11) is 0. The summed E-state index contributed by atoms with van der Waals surface area (Å²) in [6.45, 7) is -0.184. The molecule has 24 heavy (non-hydrogen) atoms. The van der Waals surface area contributed by atoms with Crippen molar-refractivity contribution in [3.8, 4) is 0 Å². The van der Waals surface area contributed by atoms with Crippen LogP contribution < -0.4 is 5.32 Å². The Kier molecular flexibility index (Phi) is 5.02. The van der Waals surface area contributed by atoms with Gasteiger partial charge in [0.25, 0.3) is 0 Å². The number of anilines is 1. The standard InChI is InChI=1S/C15H11F3N2O4/c16-15(17,18)12-11(10(13(21)22)6-7-19-12)20-14(23)24-8-9-4-2-1-3-5-9/h1-7H,8H2,(H,20,23)(H,21,22). The number of amides is 1. The molecule has 0 saturated carbocycles. The number of aromatic nitrogens is 1. The van der Waals surface area contributed by atoms with E-state index in [2.05, 4.69) is 4.98 Å². The predicted octanol–water partition coefficient (Wildman–Crippen LogP) is 3.55. The van der Waals surface area contributed by atoms with E-state index in [1.54, 1.807) is 30.3 Å². The Morgan fingerprint density at radius 3 is 2.42 bits per heavy atom. The third kappa shape index (κ3) is 4.22. The average Bonchev–Trinajstić information content (AvgIpc) is 2.53. The largest absolute Gasteiger partial charge is 0.478 e.